The average molecular weight is 264 g/mol. The van der Waals surface area contributed by atoms with Gasteiger partial charge in [0.25, 0.3) is 0 Å². The van der Waals surface area contributed by atoms with Crippen LogP contribution in [-0.2, 0) is 4.79 Å². The third kappa shape index (κ3) is 1.92. The summed E-state index contributed by atoms with van der Waals surface area (Å²) in [6.07, 6.45) is 0.978. The molecule has 0 aromatic heterocycles. The van der Waals surface area contributed by atoms with Gasteiger partial charge in [-0.05, 0) is 18.6 Å². The average Bonchev–Trinajstić information content (AvgIpc) is 2.47. The highest BCUT2D eigenvalue weighted by Gasteiger charge is 2.27. The monoisotopic (exact) mass is 264 g/mol. The molecule has 3 nitrogen and oxygen atoms in total. The van der Waals surface area contributed by atoms with Gasteiger partial charge < -0.3 is 9.69 Å². The van der Waals surface area contributed by atoms with Crippen molar-refractivity contribution in [3.8, 4) is 0 Å². The van der Waals surface area contributed by atoms with Gasteiger partial charge in [-0.15, -0.1) is 0 Å². The van der Waals surface area contributed by atoms with E-state index in [0.717, 1.165) is 34.5 Å². The quantitative estimate of drug-likeness (QED) is 0.780. The number of fused-ring (bicyclic) bond motifs is 1. The molecule has 0 radical (unpaired) electrons. The van der Waals surface area contributed by atoms with Crippen LogP contribution in [0.25, 0.3) is 0 Å². The third-order valence-corrected chi connectivity index (χ3v) is 3.75. The molecule has 0 N–H and O–H groups in total. The van der Waals surface area contributed by atoms with Gasteiger partial charge in [0.05, 0.1) is 5.69 Å². The van der Waals surface area contributed by atoms with Crippen LogP contribution in [0.15, 0.2) is 53.5 Å². The lowest BCUT2D eigenvalue weighted by atomic mass is 9.99. The van der Waals surface area contributed by atoms with Crippen LogP contribution >= 0.6 is 0 Å². The topological polar surface area (TPSA) is 32.7 Å². The van der Waals surface area contributed by atoms with Crippen molar-refractivity contribution in [2.45, 2.75) is 13.0 Å². The van der Waals surface area contributed by atoms with Crippen molar-refractivity contribution in [2.24, 2.45) is 4.99 Å². The molecular formula is C17H16N2O. The summed E-state index contributed by atoms with van der Waals surface area (Å²) in [4.78, 5) is 18.2. The standard InChI is InChI=1S/C17H16N2O/c1-12-7-3-4-8-13(12)17-18-15-10-6-5-9-14(15)16(11-20)19(17)2/h3-11,16H,1-2H3. The number of rotatable bonds is 2. The Morgan fingerprint density at radius 2 is 1.80 bits per heavy atom. The summed E-state index contributed by atoms with van der Waals surface area (Å²) in [7, 11) is 1.92. The maximum Gasteiger partial charge on any atom is 0.147 e. The Morgan fingerprint density at radius 1 is 1.10 bits per heavy atom. The molecule has 2 aromatic carbocycles. The molecule has 3 heteroatoms. The number of likely N-dealkylation sites (N-methyl/N-ethyl adjacent to an activating group) is 1. The fourth-order valence-electron chi connectivity index (χ4n) is 2.61. The summed E-state index contributed by atoms with van der Waals surface area (Å²) in [6, 6.07) is 15.6. The second kappa shape index (κ2) is 4.93. The first-order valence-corrected chi connectivity index (χ1v) is 6.64. The SMILES string of the molecule is Cc1ccccc1C1=Nc2ccccc2C(C=O)N1C. The van der Waals surface area contributed by atoms with Crippen LogP contribution in [0.4, 0.5) is 5.69 Å². The maximum atomic E-state index is 11.5. The van der Waals surface area contributed by atoms with Crippen LogP contribution in [-0.4, -0.2) is 24.1 Å². The molecule has 0 amide bonds. The molecule has 2 aromatic rings. The molecule has 1 aliphatic heterocycles. The molecule has 0 bridgehead atoms. The Hall–Kier alpha value is -2.42. The number of carbonyl (C=O) groups is 1. The van der Waals surface area contributed by atoms with Crippen molar-refractivity contribution in [1.29, 1.82) is 0 Å². The van der Waals surface area contributed by atoms with Crippen LogP contribution in [0.5, 0.6) is 0 Å². The molecule has 0 fully saturated rings. The van der Waals surface area contributed by atoms with E-state index in [2.05, 4.69) is 13.0 Å². The number of nitrogens with zero attached hydrogens (tertiary/aromatic N) is 2. The molecule has 0 aliphatic carbocycles. The molecular weight excluding hydrogens is 248 g/mol. The van der Waals surface area contributed by atoms with E-state index in [-0.39, 0.29) is 6.04 Å². The first-order chi connectivity index (χ1) is 9.72. The van der Waals surface area contributed by atoms with Crippen molar-refractivity contribution >= 4 is 17.8 Å². The van der Waals surface area contributed by atoms with Gasteiger partial charge in [-0.2, -0.15) is 0 Å². The molecule has 1 atom stereocenters. The molecule has 1 unspecified atom stereocenters. The smallest absolute Gasteiger partial charge is 0.147 e. The Morgan fingerprint density at radius 3 is 2.55 bits per heavy atom. The van der Waals surface area contributed by atoms with E-state index in [0.29, 0.717) is 0 Å². The highest BCUT2D eigenvalue weighted by atomic mass is 16.1. The summed E-state index contributed by atoms with van der Waals surface area (Å²) in [5, 5.41) is 0. The predicted octanol–water partition coefficient (Wildman–Crippen LogP) is 3.26. The van der Waals surface area contributed by atoms with Gasteiger partial charge in [0.15, 0.2) is 0 Å². The highest BCUT2D eigenvalue weighted by Crippen LogP contribution is 2.34. The van der Waals surface area contributed by atoms with Gasteiger partial charge in [-0.25, -0.2) is 4.99 Å². The minimum atomic E-state index is -0.279. The van der Waals surface area contributed by atoms with Gasteiger partial charge in [0.2, 0.25) is 0 Å². The second-order valence-electron chi connectivity index (χ2n) is 5.00. The number of aliphatic imine (C=N–C) groups is 1. The number of amidine groups is 1. The molecule has 1 aliphatic rings. The molecule has 0 spiro atoms. The highest BCUT2D eigenvalue weighted by molar-refractivity contribution is 6.04. The molecule has 1 heterocycles. The van der Waals surface area contributed by atoms with Crippen molar-refractivity contribution in [3.05, 3.63) is 65.2 Å². The molecule has 3 rings (SSSR count). The molecule has 0 saturated heterocycles. The van der Waals surface area contributed by atoms with Crippen molar-refractivity contribution < 1.29 is 4.79 Å². The van der Waals surface area contributed by atoms with E-state index < -0.39 is 0 Å². The third-order valence-electron chi connectivity index (χ3n) is 3.75. The van der Waals surface area contributed by atoms with Gasteiger partial charge in [-0.1, -0.05) is 42.5 Å². The number of aldehydes is 1. The first-order valence-electron chi connectivity index (χ1n) is 6.64. The van der Waals surface area contributed by atoms with Crippen LogP contribution < -0.4 is 0 Å². The normalized spacial score (nSPS) is 17.4. The Balaban J connectivity index is 2.20. The number of carbonyl (C=O) groups excluding carboxylic acids is 1. The molecule has 20 heavy (non-hydrogen) atoms. The second-order valence-corrected chi connectivity index (χ2v) is 5.00. The van der Waals surface area contributed by atoms with Crippen LogP contribution in [0, 0.1) is 6.92 Å². The van der Waals surface area contributed by atoms with Crippen molar-refractivity contribution in [2.75, 3.05) is 7.05 Å². The van der Waals surface area contributed by atoms with E-state index in [1.807, 2.05) is 54.4 Å². The molecule has 100 valence electrons. The first kappa shape index (κ1) is 12.6. The fraction of sp³-hybridized carbons (Fsp3) is 0.176. The van der Waals surface area contributed by atoms with Gasteiger partial charge in [-0.3, -0.25) is 0 Å². The Labute approximate surface area is 118 Å². The number of hydrogen-bond donors (Lipinski definition) is 0. The van der Waals surface area contributed by atoms with E-state index >= 15 is 0 Å². The van der Waals surface area contributed by atoms with Gasteiger partial charge in [0.1, 0.15) is 18.2 Å². The van der Waals surface area contributed by atoms with E-state index in [4.69, 9.17) is 4.99 Å². The summed E-state index contributed by atoms with van der Waals surface area (Å²) < 4.78 is 0. The number of para-hydroxylation sites is 1. The minimum absolute atomic E-state index is 0.279. The van der Waals surface area contributed by atoms with Gasteiger partial charge >= 0.3 is 0 Å². The zero-order valence-electron chi connectivity index (χ0n) is 11.6. The number of benzene rings is 2. The summed E-state index contributed by atoms with van der Waals surface area (Å²) in [6.45, 7) is 2.06. The fourth-order valence-corrected chi connectivity index (χ4v) is 2.61. The van der Waals surface area contributed by atoms with Gasteiger partial charge in [0, 0.05) is 18.2 Å². The largest absolute Gasteiger partial charge is 0.345 e. The number of hydrogen-bond acceptors (Lipinski definition) is 3. The summed E-state index contributed by atoms with van der Waals surface area (Å²) in [5.41, 5.74) is 4.06. The lowest BCUT2D eigenvalue weighted by Gasteiger charge is -2.32. The Kier molecular flexibility index (Phi) is 3.11. The van der Waals surface area contributed by atoms with Crippen molar-refractivity contribution in [1.82, 2.24) is 4.90 Å². The zero-order chi connectivity index (χ0) is 14.1. The number of aryl methyl sites for hydroxylation is 1. The summed E-state index contributed by atoms with van der Waals surface area (Å²) in [5.74, 6) is 0.846. The van der Waals surface area contributed by atoms with E-state index in [1.165, 1.54) is 0 Å². The van der Waals surface area contributed by atoms with Crippen molar-refractivity contribution in [3.63, 3.8) is 0 Å². The minimum Gasteiger partial charge on any atom is -0.345 e. The van der Waals surface area contributed by atoms with Crippen LogP contribution in [0.1, 0.15) is 22.7 Å². The van der Waals surface area contributed by atoms with Crippen LogP contribution in [0.3, 0.4) is 0 Å². The Bertz CT molecular complexity index is 691. The zero-order valence-corrected chi connectivity index (χ0v) is 11.6. The maximum absolute atomic E-state index is 11.5. The molecule has 0 saturated carbocycles. The lowest BCUT2D eigenvalue weighted by Crippen LogP contribution is -2.35. The van der Waals surface area contributed by atoms with Crippen LogP contribution in [0.2, 0.25) is 0 Å². The predicted molar refractivity (Wildman–Crippen MR) is 80.4 cm³/mol. The summed E-state index contributed by atoms with van der Waals surface area (Å²) >= 11 is 0. The lowest BCUT2D eigenvalue weighted by molar-refractivity contribution is -0.111. The van der Waals surface area contributed by atoms with E-state index in [1.54, 1.807) is 0 Å². The van der Waals surface area contributed by atoms with E-state index in [9.17, 15) is 4.79 Å².